The number of pyridine rings is 1. The number of benzene rings is 2. The second kappa shape index (κ2) is 5.62. The number of carbonyl (C=O) groups is 1. The summed E-state index contributed by atoms with van der Waals surface area (Å²) >= 11 is 0. The van der Waals surface area contributed by atoms with Crippen LogP contribution in [0.5, 0.6) is 0 Å². The number of nitrogens with zero attached hydrogens (tertiary/aromatic N) is 3. The first-order valence-electron chi connectivity index (χ1n) is 7.47. The smallest absolute Gasteiger partial charge is 0.337 e. The molecule has 0 aliphatic rings. The molecule has 0 aliphatic heterocycles. The zero-order chi connectivity index (χ0) is 16.5. The van der Waals surface area contributed by atoms with Gasteiger partial charge in [0, 0.05) is 11.8 Å². The van der Waals surface area contributed by atoms with Crippen molar-refractivity contribution in [2.45, 2.75) is 0 Å². The van der Waals surface area contributed by atoms with E-state index in [4.69, 9.17) is 0 Å². The highest BCUT2D eigenvalue weighted by Gasteiger charge is 2.17. The average molecular weight is 315 g/mol. The third kappa shape index (κ3) is 2.32. The van der Waals surface area contributed by atoms with E-state index in [-0.39, 0.29) is 5.56 Å². The van der Waals surface area contributed by atoms with Crippen LogP contribution in [0.2, 0.25) is 0 Å². The van der Waals surface area contributed by atoms with Crippen molar-refractivity contribution in [3.05, 3.63) is 78.5 Å². The van der Waals surface area contributed by atoms with E-state index >= 15 is 0 Å². The maximum absolute atomic E-state index is 11.2. The minimum absolute atomic E-state index is 0.125. The Morgan fingerprint density at radius 3 is 2.29 bits per heavy atom. The fraction of sp³-hybridized carbons (Fsp3) is 0. The van der Waals surface area contributed by atoms with Gasteiger partial charge in [0.25, 0.3) is 0 Å². The largest absolute Gasteiger partial charge is 0.478 e. The van der Waals surface area contributed by atoms with Crippen LogP contribution in [0.4, 0.5) is 0 Å². The molecule has 0 spiro atoms. The molecule has 5 nitrogen and oxygen atoms in total. The van der Waals surface area contributed by atoms with Crippen LogP contribution in [0.15, 0.2) is 72.9 Å². The zero-order valence-corrected chi connectivity index (χ0v) is 12.6. The number of para-hydroxylation sites is 1. The van der Waals surface area contributed by atoms with Crippen molar-refractivity contribution < 1.29 is 9.90 Å². The van der Waals surface area contributed by atoms with Crippen molar-refractivity contribution >= 4 is 17.0 Å². The fourth-order valence-corrected chi connectivity index (χ4v) is 2.70. The number of aromatic carboxylic acids is 1. The second-order valence-electron chi connectivity index (χ2n) is 5.36. The molecule has 4 rings (SSSR count). The SMILES string of the molecule is O=C(O)c1cnc2c(-c3ccccc3)n(-c3ccccc3)nc2c1. The Hall–Kier alpha value is -3.47. The van der Waals surface area contributed by atoms with Crippen LogP contribution >= 0.6 is 0 Å². The Bertz CT molecular complexity index is 1020. The summed E-state index contributed by atoms with van der Waals surface area (Å²) in [5.74, 6) is -1.01. The van der Waals surface area contributed by atoms with Crippen molar-refractivity contribution in [2.24, 2.45) is 0 Å². The molecule has 0 saturated heterocycles. The lowest BCUT2D eigenvalue weighted by molar-refractivity contribution is 0.0696. The van der Waals surface area contributed by atoms with Gasteiger partial charge < -0.3 is 5.11 Å². The Balaban J connectivity index is 2.04. The van der Waals surface area contributed by atoms with Gasteiger partial charge in [-0.15, -0.1) is 0 Å². The summed E-state index contributed by atoms with van der Waals surface area (Å²) in [4.78, 5) is 15.6. The van der Waals surface area contributed by atoms with Gasteiger partial charge in [-0.3, -0.25) is 4.98 Å². The third-order valence-corrected chi connectivity index (χ3v) is 3.81. The molecule has 2 aromatic heterocycles. The number of hydrogen-bond acceptors (Lipinski definition) is 3. The lowest BCUT2D eigenvalue weighted by Gasteiger charge is -2.07. The first kappa shape index (κ1) is 14.1. The Kier molecular flexibility index (Phi) is 3.31. The molecule has 0 aliphatic carbocycles. The summed E-state index contributed by atoms with van der Waals surface area (Å²) < 4.78 is 1.80. The number of hydrogen-bond donors (Lipinski definition) is 1. The van der Waals surface area contributed by atoms with E-state index < -0.39 is 5.97 Å². The molecule has 2 heterocycles. The standard InChI is InChI=1S/C19H13N3O2/c23-19(24)14-11-16-17(20-12-14)18(13-7-3-1-4-8-13)22(21-16)15-9-5-2-6-10-15/h1-12H,(H,23,24). The van der Waals surface area contributed by atoms with E-state index in [0.29, 0.717) is 11.0 Å². The van der Waals surface area contributed by atoms with E-state index in [2.05, 4.69) is 10.1 Å². The molecule has 0 bridgehead atoms. The molecule has 0 unspecified atom stereocenters. The molecule has 0 atom stereocenters. The molecule has 5 heteroatoms. The summed E-state index contributed by atoms with van der Waals surface area (Å²) in [5, 5.41) is 13.8. The molecule has 0 fully saturated rings. The van der Waals surface area contributed by atoms with Crippen molar-refractivity contribution in [3.63, 3.8) is 0 Å². The number of rotatable bonds is 3. The first-order valence-corrected chi connectivity index (χ1v) is 7.47. The normalized spacial score (nSPS) is 10.8. The summed E-state index contributed by atoms with van der Waals surface area (Å²) in [6, 6.07) is 21.1. The molecule has 24 heavy (non-hydrogen) atoms. The lowest BCUT2D eigenvalue weighted by Crippen LogP contribution is -1.98. The van der Waals surface area contributed by atoms with Crippen LogP contribution in [0.1, 0.15) is 10.4 Å². The summed E-state index contributed by atoms with van der Waals surface area (Å²) in [5.41, 5.74) is 4.06. The van der Waals surface area contributed by atoms with Crippen molar-refractivity contribution in [1.82, 2.24) is 14.8 Å². The molecule has 116 valence electrons. The number of fused-ring (bicyclic) bond motifs is 1. The van der Waals surface area contributed by atoms with Gasteiger partial charge in [0.2, 0.25) is 0 Å². The topological polar surface area (TPSA) is 68.0 Å². The van der Waals surface area contributed by atoms with Crippen LogP contribution in [0.25, 0.3) is 28.0 Å². The Labute approximate surface area is 137 Å². The Morgan fingerprint density at radius 2 is 1.62 bits per heavy atom. The molecule has 1 N–H and O–H groups in total. The first-order chi connectivity index (χ1) is 11.7. The minimum Gasteiger partial charge on any atom is -0.478 e. The van der Waals surface area contributed by atoms with E-state index in [1.54, 1.807) is 10.7 Å². The summed E-state index contributed by atoms with van der Waals surface area (Å²) in [6.07, 6.45) is 1.37. The highest BCUT2D eigenvalue weighted by molar-refractivity contribution is 5.96. The number of carboxylic acid groups (broad SMARTS) is 1. The molecule has 0 saturated carbocycles. The maximum atomic E-state index is 11.2. The number of aromatic nitrogens is 3. The van der Waals surface area contributed by atoms with Crippen molar-refractivity contribution in [2.75, 3.05) is 0 Å². The molecule has 4 aromatic rings. The van der Waals surface area contributed by atoms with Crippen molar-refractivity contribution in [3.8, 4) is 16.9 Å². The minimum atomic E-state index is -1.01. The van der Waals surface area contributed by atoms with Crippen LogP contribution in [0.3, 0.4) is 0 Å². The fourth-order valence-electron chi connectivity index (χ4n) is 2.70. The van der Waals surface area contributed by atoms with E-state index in [1.165, 1.54) is 6.20 Å². The average Bonchev–Trinajstić information content (AvgIpc) is 3.01. The molecule has 0 amide bonds. The lowest BCUT2D eigenvalue weighted by atomic mass is 10.1. The summed E-state index contributed by atoms with van der Waals surface area (Å²) in [6.45, 7) is 0. The van der Waals surface area contributed by atoms with Crippen LogP contribution < -0.4 is 0 Å². The second-order valence-corrected chi connectivity index (χ2v) is 5.36. The highest BCUT2D eigenvalue weighted by Crippen LogP contribution is 2.30. The molecular formula is C19H13N3O2. The molecule has 2 aromatic carbocycles. The van der Waals surface area contributed by atoms with E-state index in [9.17, 15) is 9.90 Å². The third-order valence-electron chi connectivity index (χ3n) is 3.81. The quantitative estimate of drug-likeness (QED) is 0.624. The van der Waals surface area contributed by atoms with Crippen LogP contribution in [-0.2, 0) is 0 Å². The summed E-state index contributed by atoms with van der Waals surface area (Å²) in [7, 11) is 0. The number of carboxylic acids is 1. The zero-order valence-electron chi connectivity index (χ0n) is 12.6. The van der Waals surface area contributed by atoms with Gasteiger partial charge in [0.1, 0.15) is 16.7 Å². The highest BCUT2D eigenvalue weighted by atomic mass is 16.4. The van der Waals surface area contributed by atoms with Gasteiger partial charge in [0.05, 0.1) is 11.3 Å². The van der Waals surface area contributed by atoms with E-state index in [0.717, 1.165) is 16.9 Å². The van der Waals surface area contributed by atoms with Gasteiger partial charge in [0.15, 0.2) is 0 Å². The maximum Gasteiger partial charge on any atom is 0.337 e. The van der Waals surface area contributed by atoms with E-state index in [1.807, 2.05) is 60.7 Å². The predicted octanol–water partition coefficient (Wildman–Crippen LogP) is 3.79. The van der Waals surface area contributed by atoms with Gasteiger partial charge >= 0.3 is 5.97 Å². The van der Waals surface area contributed by atoms with Crippen molar-refractivity contribution in [1.29, 1.82) is 0 Å². The predicted molar refractivity (Wildman–Crippen MR) is 91.3 cm³/mol. The van der Waals surface area contributed by atoms with Crippen LogP contribution in [-0.4, -0.2) is 25.8 Å². The van der Waals surface area contributed by atoms with Gasteiger partial charge in [-0.25, -0.2) is 9.48 Å². The Morgan fingerprint density at radius 1 is 0.958 bits per heavy atom. The van der Waals surface area contributed by atoms with Gasteiger partial charge in [-0.05, 0) is 18.2 Å². The molecular weight excluding hydrogens is 302 g/mol. The monoisotopic (exact) mass is 315 g/mol. The van der Waals surface area contributed by atoms with Crippen LogP contribution in [0, 0.1) is 0 Å². The van der Waals surface area contributed by atoms with Gasteiger partial charge in [-0.2, -0.15) is 5.10 Å². The molecule has 0 radical (unpaired) electrons. The van der Waals surface area contributed by atoms with Gasteiger partial charge in [-0.1, -0.05) is 48.5 Å².